The maximum atomic E-state index is 11.8. The minimum absolute atomic E-state index is 0.00640. The Morgan fingerprint density at radius 1 is 1.11 bits per heavy atom. The lowest BCUT2D eigenvalue weighted by atomic mass is 10.1. The van der Waals surface area contributed by atoms with E-state index >= 15 is 0 Å². The van der Waals surface area contributed by atoms with Gasteiger partial charge in [0.15, 0.2) is 12.4 Å². The molecule has 2 rings (SSSR count). The molecule has 9 heteroatoms. The number of nitro benzene ring substituents is 1. The van der Waals surface area contributed by atoms with Crippen LogP contribution in [0.1, 0.15) is 19.4 Å². The first-order chi connectivity index (χ1) is 12.9. The molecule has 0 fully saturated rings. The van der Waals surface area contributed by atoms with Gasteiger partial charge in [0.05, 0.1) is 10.6 Å². The lowest BCUT2D eigenvalue weighted by molar-refractivity contribution is -0.385. The summed E-state index contributed by atoms with van der Waals surface area (Å²) in [7, 11) is 0. The van der Waals surface area contributed by atoms with E-state index in [0.29, 0.717) is 11.4 Å². The molecule has 0 aliphatic carbocycles. The molecule has 0 radical (unpaired) electrons. The number of amides is 2. The molecule has 27 heavy (non-hydrogen) atoms. The van der Waals surface area contributed by atoms with Gasteiger partial charge < -0.3 is 10.1 Å². The van der Waals surface area contributed by atoms with E-state index in [2.05, 4.69) is 15.8 Å². The molecule has 2 aromatic carbocycles. The zero-order valence-corrected chi connectivity index (χ0v) is 14.8. The fourth-order valence-electron chi connectivity index (χ4n) is 2.11. The maximum Gasteiger partial charge on any atom is 0.310 e. The standard InChI is InChI=1S/C18H18N4O5/c1-12(14-7-9-15(10-8-14)19-13(2)23)20-21-18(24)11-27-17-6-4-3-5-16(17)22(25)26/h3-10H,11H2,1-2H3,(H,19,23)(H,21,24)/b20-12-. The van der Waals surface area contributed by atoms with E-state index in [0.717, 1.165) is 5.56 Å². The van der Waals surface area contributed by atoms with Crippen LogP contribution >= 0.6 is 0 Å². The van der Waals surface area contributed by atoms with Gasteiger partial charge in [0, 0.05) is 18.7 Å². The van der Waals surface area contributed by atoms with Crippen LogP contribution < -0.4 is 15.5 Å². The summed E-state index contributed by atoms with van der Waals surface area (Å²) in [5.41, 5.74) is 4.07. The zero-order valence-electron chi connectivity index (χ0n) is 14.8. The van der Waals surface area contributed by atoms with E-state index in [9.17, 15) is 19.7 Å². The Morgan fingerprint density at radius 2 is 1.78 bits per heavy atom. The summed E-state index contributed by atoms with van der Waals surface area (Å²) in [6.07, 6.45) is 0. The number of nitrogens with one attached hydrogen (secondary N) is 2. The normalized spacial score (nSPS) is 10.8. The average molecular weight is 370 g/mol. The molecular formula is C18H18N4O5. The Bertz CT molecular complexity index is 878. The monoisotopic (exact) mass is 370 g/mol. The summed E-state index contributed by atoms with van der Waals surface area (Å²) in [5, 5.41) is 17.5. The SMILES string of the molecule is CC(=O)Nc1ccc(/C(C)=N\NC(=O)COc2ccccc2[N+](=O)[O-])cc1. The van der Waals surface area contributed by atoms with Crippen LogP contribution in [0, 0.1) is 10.1 Å². The number of carbonyl (C=O) groups is 2. The number of nitro groups is 1. The van der Waals surface area contributed by atoms with E-state index in [1.54, 1.807) is 37.3 Å². The second kappa shape index (κ2) is 9.09. The molecule has 2 amide bonds. The van der Waals surface area contributed by atoms with Crippen LogP contribution in [0.2, 0.25) is 0 Å². The highest BCUT2D eigenvalue weighted by Gasteiger charge is 2.14. The van der Waals surface area contributed by atoms with Gasteiger partial charge in [-0.1, -0.05) is 24.3 Å². The molecule has 0 bridgehead atoms. The van der Waals surface area contributed by atoms with Gasteiger partial charge >= 0.3 is 5.69 Å². The number of hydrogen-bond acceptors (Lipinski definition) is 6. The smallest absolute Gasteiger partial charge is 0.310 e. The maximum absolute atomic E-state index is 11.8. The van der Waals surface area contributed by atoms with Gasteiger partial charge in [0.25, 0.3) is 5.91 Å². The van der Waals surface area contributed by atoms with E-state index in [4.69, 9.17) is 4.74 Å². The van der Waals surface area contributed by atoms with Crippen molar-refractivity contribution in [3.05, 3.63) is 64.2 Å². The van der Waals surface area contributed by atoms with Crippen molar-refractivity contribution in [2.75, 3.05) is 11.9 Å². The van der Waals surface area contributed by atoms with Crippen molar-refractivity contribution in [3.8, 4) is 5.75 Å². The molecule has 0 unspecified atom stereocenters. The van der Waals surface area contributed by atoms with Crippen molar-refractivity contribution >= 4 is 28.9 Å². The second-order valence-electron chi connectivity index (χ2n) is 5.50. The zero-order chi connectivity index (χ0) is 19.8. The largest absolute Gasteiger partial charge is 0.477 e. The van der Waals surface area contributed by atoms with Gasteiger partial charge in [-0.3, -0.25) is 19.7 Å². The van der Waals surface area contributed by atoms with Gasteiger partial charge in [0.1, 0.15) is 0 Å². The molecule has 9 nitrogen and oxygen atoms in total. The molecule has 0 aliphatic rings. The predicted octanol–water partition coefficient (Wildman–Crippen LogP) is 2.47. The van der Waals surface area contributed by atoms with Crippen molar-refractivity contribution in [1.29, 1.82) is 0 Å². The van der Waals surface area contributed by atoms with Gasteiger partial charge in [-0.25, -0.2) is 5.43 Å². The van der Waals surface area contributed by atoms with Gasteiger partial charge in [-0.15, -0.1) is 0 Å². The van der Waals surface area contributed by atoms with E-state index in [1.165, 1.54) is 25.1 Å². The molecule has 0 atom stereocenters. The van der Waals surface area contributed by atoms with E-state index in [-0.39, 0.29) is 17.3 Å². The van der Waals surface area contributed by atoms with Crippen LogP contribution in [-0.4, -0.2) is 29.1 Å². The highest BCUT2D eigenvalue weighted by atomic mass is 16.6. The van der Waals surface area contributed by atoms with Crippen LogP contribution in [0.4, 0.5) is 11.4 Å². The van der Waals surface area contributed by atoms with Gasteiger partial charge in [-0.05, 0) is 30.7 Å². The average Bonchev–Trinajstić information content (AvgIpc) is 2.64. The number of ether oxygens (including phenoxy) is 1. The quantitative estimate of drug-likeness (QED) is 0.440. The molecule has 0 aliphatic heterocycles. The molecular weight excluding hydrogens is 352 g/mol. The molecule has 2 aromatic rings. The van der Waals surface area contributed by atoms with Crippen LogP contribution in [0.15, 0.2) is 53.6 Å². The summed E-state index contributed by atoms with van der Waals surface area (Å²) < 4.78 is 5.19. The van der Waals surface area contributed by atoms with Gasteiger partial charge in [-0.2, -0.15) is 5.10 Å². The molecule has 0 aromatic heterocycles. The second-order valence-corrected chi connectivity index (χ2v) is 5.50. The van der Waals surface area contributed by atoms with Crippen LogP contribution in [0.3, 0.4) is 0 Å². The molecule has 140 valence electrons. The topological polar surface area (TPSA) is 123 Å². The molecule has 0 heterocycles. The molecule has 0 saturated heterocycles. The Hall–Kier alpha value is -3.75. The van der Waals surface area contributed by atoms with Gasteiger partial charge in [0.2, 0.25) is 5.91 Å². The lowest BCUT2D eigenvalue weighted by Crippen LogP contribution is -2.25. The molecule has 0 spiro atoms. The van der Waals surface area contributed by atoms with Crippen LogP contribution in [0.5, 0.6) is 5.75 Å². The minimum Gasteiger partial charge on any atom is -0.477 e. The third kappa shape index (κ3) is 5.92. The Kier molecular flexibility index (Phi) is 6.59. The summed E-state index contributed by atoms with van der Waals surface area (Å²) >= 11 is 0. The first-order valence-corrected chi connectivity index (χ1v) is 7.94. The number of carbonyl (C=O) groups excluding carboxylic acids is 2. The first-order valence-electron chi connectivity index (χ1n) is 7.94. The van der Waals surface area contributed by atoms with E-state index < -0.39 is 17.4 Å². The third-order valence-electron chi connectivity index (χ3n) is 3.39. The van der Waals surface area contributed by atoms with E-state index in [1.807, 2.05) is 0 Å². The highest BCUT2D eigenvalue weighted by Crippen LogP contribution is 2.25. The van der Waals surface area contributed by atoms with Crippen molar-refractivity contribution < 1.29 is 19.2 Å². The Morgan fingerprint density at radius 3 is 2.41 bits per heavy atom. The number of anilines is 1. The molecule has 2 N–H and O–H groups in total. The first kappa shape index (κ1) is 19.6. The third-order valence-corrected chi connectivity index (χ3v) is 3.39. The van der Waals surface area contributed by atoms with Crippen LogP contribution in [-0.2, 0) is 9.59 Å². The fourth-order valence-corrected chi connectivity index (χ4v) is 2.11. The Labute approximate surface area is 155 Å². The van der Waals surface area contributed by atoms with Crippen molar-refractivity contribution in [1.82, 2.24) is 5.43 Å². The number of nitrogens with zero attached hydrogens (tertiary/aromatic N) is 2. The lowest BCUT2D eigenvalue weighted by Gasteiger charge is -2.07. The van der Waals surface area contributed by atoms with Crippen molar-refractivity contribution in [3.63, 3.8) is 0 Å². The summed E-state index contributed by atoms with van der Waals surface area (Å²) in [5.74, 6) is -0.715. The number of hydrogen-bond donors (Lipinski definition) is 2. The van der Waals surface area contributed by atoms with Crippen molar-refractivity contribution in [2.24, 2.45) is 5.10 Å². The number of rotatable bonds is 7. The molecule has 0 saturated carbocycles. The van der Waals surface area contributed by atoms with Crippen LogP contribution in [0.25, 0.3) is 0 Å². The number of para-hydroxylation sites is 2. The minimum atomic E-state index is -0.583. The van der Waals surface area contributed by atoms with Crippen molar-refractivity contribution in [2.45, 2.75) is 13.8 Å². The number of benzene rings is 2. The number of hydrazone groups is 1. The Balaban J connectivity index is 1.92. The highest BCUT2D eigenvalue weighted by molar-refractivity contribution is 6.00. The summed E-state index contributed by atoms with van der Waals surface area (Å²) in [6, 6.07) is 12.7. The summed E-state index contributed by atoms with van der Waals surface area (Å²) in [4.78, 5) is 33.2. The summed E-state index contributed by atoms with van der Waals surface area (Å²) in [6.45, 7) is 2.71. The predicted molar refractivity (Wildman–Crippen MR) is 99.7 cm³/mol. The fraction of sp³-hybridized carbons (Fsp3) is 0.167.